The summed E-state index contributed by atoms with van der Waals surface area (Å²) in [6.45, 7) is 3.40. The van der Waals surface area contributed by atoms with Crippen LogP contribution in [0.4, 0.5) is 0 Å². The van der Waals surface area contributed by atoms with Gasteiger partial charge in [0.15, 0.2) is 11.9 Å². The van der Waals surface area contributed by atoms with Crippen molar-refractivity contribution in [3.8, 4) is 5.75 Å². The highest BCUT2D eigenvalue weighted by Gasteiger charge is 2.24. The van der Waals surface area contributed by atoms with Gasteiger partial charge in [-0.15, -0.1) is 0 Å². The van der Waals surface area contributed by atoms with Crippen LogP contribution < -0.4 is 4.74 Å². The van der Waals surface area contributed by atoms with Crippen LogP contribution in [0.15, 0.2) is 54.6 Å². The lowest BCUT2D eigenvalue weighted by Crippen LogP contribution is -2.38. The van der Waals surface area contributed by atoms with Crippen molar-refractivity contribution in [2.75, 3.05) is 13.1 Å². The molecule has 1 aliphatic rings. The van der Waals surface area contributed by atoms with Gasteiger partial charge in [0, 0.05) is 24.2 Å². The van der Waals surface area contributed by atoms with E-state index >= 15 is 0 Å². The molecule has 1 saturated heterocycles. The average molecular weight is 323 g/mol. The minimum atomic E-state index is -0.515. The third kappa shape index (κ3) is 3.65. The SMILES string of the molecule is C[C@@H](Oc1ccc(C(=O)c2ccccc2)cc1)C(=O)N1CCCC1. The van der Waals surface area contributed by atoms with Crippen molar-refractivity contribution in [3.63, 3.8) is 0 Å². The van der Waals surface area contributed by atoms with E-state index in [9.17, 15) is 9.59 Å². The molecule has 4 nitrogen and oxygen atoms in total. The molecule has 3 rings (SSSR count). The van der Waals surface area contributed by atoms with Gasteiger partial charge in [0.1, 0.15) is 5.75 Å². The Labute approximate surface area is 142 Å². The summed E-state index contributed by atoms with van der Waals surface area (Å²) in [5, 5.41) is 0. The third-order valence-corrected chi connectivity index (χ3v) is 4.23. The molecule has 2 aromatic carbocycles. The lowest BCUT2D eigenvalue weighted by molar-refractivity contribution is -0.136. The smallest absolute Gasteiger partial charge is 0.263 e. The van der Waals surface area contributed by atoms with E-state index in [1.54, 1.807) is 43.3 Å². The zero-order chi connectivity index (χ0) is 16.9. The third-order valence-electron chi connectivity index (χ3n) is 4.23. The molecule has 24 heavy (non-hydrogen) atoms. The molecule has 0 saturated carbocycles. The van der Waals surface area contributed by atoms with Gasteiger partial charge in [-0.3, -0.25) is 9.59 Å². The normalized spacial score (nSPS) is 15.1. The second kappa shape index (κ2) is 7.30. The molecular weight excluding hydrogens is 302 g/mol. The molecule has 2 aromatic rings. The Morgan fingerprint density at radius 2 is 1.50 bits per heavy atom. The predicted molar refractivity (Wildman–Crippen MR) is 92.2 cm³/mol. The van der Waals surface area contributed by atoms with Crippen LogP contribution in [-0.4, -0.2) is 35.8 Å². The molecule has 0 radical (unpaired) electrons. The van der Waals surface area contributed by atoms with Gasteiger partial charge < -0.3 is 9.64 Å². The molecule has 1 fully saturated rings. The molecule has 1 atom stereocenters. The largest absolute Gasteiger partial charge is 0.481 e. The number of likely N-dealkylation sites (tertiary alicyclic amines) is 1. The number of benzene rings is 2. The fraction of sp³-hybridized carbons (Fsp3) is 0.300. The first-order chi connectivity index (χ1) is 11.6. The first-order valence-corrected chi connectivity index (χ1v) is 8.30. The van der Waals surface area contributed by atoms with Gasteiger partial charge in [0.2, 0.25) is 0 Å². The number of amides is 1. The standard InChI is InChI=1S/C20H21NO3/c1-15(20(23)21-13-5-6-14-21)24-18-11-9-17(10-12-18)19(22)16-7-3-2-4-8-16/h2-4,7-12,15H,5-6,13-14H2,1H3/t15-/m1/s1. The van der Waals surface area contributed by atoms with E-state index in [1.165, 1.54) is 0 Å². The molecule has 4 heteroatoms. The number of ketones is 1. The molecule has 0 bridgehead atoms. The summed E-state index contributed by atoms with van der Waals surface area (Å²) in [7, 11) is 0. The van der Waals surface area contributed by atoms with Gasteiger partial charge >= 0.3 is 0 Å². The second-order valence-corrected chi connectivity index (χ2v) is 6.01. The maximum absolute atomic E-state index is 12.4. The van der Waals surface area contributed by atoms with Crippen molar-refractivity contribution in [2.45, 2.75) is 25.9 Å². The van der Waals surface area contributed by atoms with Gasteiger partial charge in [-0.25, -0.2) is 0 Å². The van der Waals surface area contributed by atoms with E-state index in [-0.39, 0.29) is 11.7 Å². The van der Waals surface area contributed by atoms with Crippen LogP contribution in [0.1, 0.15) is 35.7 Å². The molecule has 0 unspecified atom stereocenters. The molecule has 124 valence electrons. The average Bonchev–Trinajstić information content (AvgIpc) is 3.16. The Morgan fingerprint density at radius 3 is 2.12 bits per heavy atom. The molecule has 1 amide bonds. The zero-order valence-corrected chi connectivity index (χ0v) is 13.8. The lowest BCUT2D eigenvalue weighted by Gasteiger charge is -2.21. The fourth-order valence-corrected chi connectivity index (χ4v) is 2.89. The van der Waals surface area contributed by atoms with E-state index in [0.29, 0.717) is 16.9 Å². The maximum Gasteiger partial charge on any atom is 0.263 e. The summed E-state index contributed by atoms with van der Waals surface area (Å²) in [5.74, 6) is 0.597. The topological polar surface area (TPSA) is 46.6 Å². The first-order valence-electron chi connectivity index (χ1n) is 8.30. The minimum absolute atomic E-state index is 0.0247. The van der Waals surface area contributed by atoms with E-state index in [1.807, 2.05) is 23.1 Å². The number of carbonyl (C=O) groups is 2. The van der Waals surface area contributed by atoms with E-state index in [0.717, 1.165) is 25.9 Å². The number of hydrogen-bond donors (Lipinski definition) is 0. The summed E-state index contributed by atoms with van der Waals surface area (Å²) in [6, 6.07) is 16.1. The van der Waals surface area contributed by atoms with Crippen molar-refractivity contribution >= 4 is 11.7 Å². The summed E-state index contributed by atoms with van der Waals surface area (Å²) in [6.07, 6.45) is 1.61. The first kappa shape index (κ1) is 16.2. The van der Waals surface area contributed by atoms with Gasteiger partial charge in [0.25, 0.3) is 5.91 Å². The maximum atomic E-state index is 12.4. The summed E-state index contributed by atoms with van der Waals surface area (Å²) in [5.41, 5.74) is 1.26. The van der Waals surface area contributed by atoms with E-state index in [2.05, 4.69) is 0 Å². The Kier molecular flexibility index (Phi) is 4.94. The van der Waals surface area contributed by atoms with Crippen molar-refractivity contribution in [1.82, 2.24) is 4.90 Å². The van der Waals surface area contributed by atoms with Crippen LogP contribution in [0.2, 0.25) is 0 Å². The van der Waals surface area contributed by atoms with E-state index in [4.69, 9.17) is 4.74 Å². The van der Waals surface area contributed by atoms with Crippen molar-refractivity contribution in [1.29, 1.82) is 0 Å². The Morgan fingerprint density at radius 1 is 0.917 bits per heavy atom. The molecule has 1 heterocycles. The van der Waals surface area contributed by atoms with Crippen LogP contribution in [0.5, 0.6) is 5.75 Å². The Bertz CT molecular complexity index is 703. The molecule has 0 aliphatic carbocycles. The molecule has 0 spiro atoms. The Hall–Kier alpha value is -2.62. The summed E-state index contributed by atoms with van der Waals surface area (Å²) < 4.78 is 5.73. The quantitative estimate of drug-likeness (QED) is 0.793. The van der Waals surface area contributed by atoms with Crippen LogP contribution in [0.25, 0.3) is 0 Å². The summed E-state index contributed by atoms with van der Waals surface area (Å²) >= 11 is 0. The molecule has 0 aromatic heterocycles. The number of carbonyl (C=O) groups excluding carboxylic acids is 2. The summed E-state index contributed by atoms with van der Waals surface area (Å²) in [4.78, 5) is 26.5. The fourth-order valence-electron chi connectivity index (χ4n) is 2.89. The van der Waals surface area contributed by atoms with Gasteiger partial charge in [-0.2, -0.15) is 0 Å². The highest BCUT2D eigenvalue weighted by molar-refractivity contribution is 6.08. The van der Waals surface area contributed by atoms with Crippen LogP contribution >= 0.6 is 0 Å². The Balaban J connectivity index is 1.64. The number of hydrogen-bond acceptors (Lipinski definition) is 3. The van der Waals surface area contributed by atoms with Crippen LogP contribution in [0, 0.1) is 0 Å². The predicted octanol–water partition coefficient (Wildman–Crippen LogP) is 3.31. The monoisotopic (exact) mass is 323 g/mol. The zero-order valence-electron chi connectivity index (χ0n) is 13.8. The van der Waals surface area contributed by atoms with Crippen molar-refractivity contribution < 1.29 is 14.3 Å². The van der Waals surface area contributed by atoms with Crippen LogP contribution in [0.3, 0.4) is 0 Å². The highest BCUT2D eigenvalue weighted by Crippen LogP contribution is 2.18. The molecule has 0 N–H and O–H groups in total. The van der Waals surface area contributed by atoms with Gasteiger partial charge in [-0.1, -0.05) is 30.3 Å². The van der Waals surface area contributed by atoms with Crippen molar-refractivity contribution in [2.24, 2.45) is 0 Å². The highest BCUT2D eigenvalue weighted by atomic mass is 16.5. The van der Waals surface area contributed by atoms with Gasteiger partial charge in [0.05, 0.1) is 0 Å². The molecule has 1 aliphatic heterocycles. The van der Waals surface area contributed by atoms with E-state index < -0.39 is 6.10 Å². The minimum Gasteiger partial charge on any atom is -0.481 e. The molecular formula is C20H21NO3. The van der Waals surface area contributed by atoms with Gasteiger partial charge in [-0.05, 0) is 44.0 Å². The lowest BCUT2D eigenvalue weighted by atomic mass is 10.0. The second-order valence-electron chi connectivity index (χ2n) is 6.01. The number of rotatable bonds is 5. The van der Waals surface area contributed by atoms with Crippen LogP contribution in [-0.2, 0) is 4.79 Å². The van der Waals surface area contributed by atoms with Crippen molar-refractivity contribution in [3.05, 3.63) is 65.7 Å². The number of ether oxygens (including phenoxy) is 1. The number of nitrogens with zero attached hydrogens (tertiary/aromatic N) is 1.